The summed E-state index contributed by atoms with van der Waals surface area (Å²) in [6.45, 7) is -0.632. The van der Waals surface area contributed by atoms with Crippen molar-refractivity contribution in [2.45, 2.75) is 36.6 Å². The van der Waals surface area contributed by atoms with Crippen LogP contribution in [0.1, 0.15) is 11.3 Å². The summed E-state index contributed by atoms with van der Waals surface area (Å²) >= 11 is 0. The fraction of sp³-hybridized carbons (Fsp3) is 0.471. The molecule has 1 aromatic heterocycles. The molecule has 0 radical (unpaired) electrons. The van der Waals surface area contributed by atoms with Crippen LogP contribution in [0.5, 0.6) is 0 Å². The molecule has 1 fully saturated rings. The standard InChI is InChI=1S/C17H21NO8/c1-25-17(16(24)15(23)14(22)11(7-19)26-17)13-8-4-2-3-5-9(8)18-10(13)6-12(20)21/h2-5,11,14-16,18-19,22-24H,6-7H2,1H3,(H,20,21)/t11-,14-,15+,16-,17-/m1/s1. The number of para-hydroxylation sites is 1. The Hall–Kier alpha value is -2.01. The number of aromatic nitrogens is 1. The number of aliphatic hydroxyl groups excluding tert-OH is 4. The Labute approximate surface area is 148 Å². The number of carboxylic acids is 1. The smallest absolute Gasteiger partial charge is 0.309 e. The second-order valence-electron chi connectivity index (χ2n) is 6.23. The molecule has 142 valence electrons. The molecule has 0 aliphatic carbocycles. The third-order valence-corrected chi connectivity index (χ3v) is 4.71. The number of carbonyl (C=O) groups is 1. The van der Waals surface area contributed by atoms with E-state index in [9.17, 15) is 30.3 Å². The van der Waals surface area contributed by atoms with E-state index in [1.165, 1.54) is 7.11 Å². The molecular formula is C17H21NO8. The average molecular weight is 367 g/mol. The number of nitrogens with one attached hydrogen (secondary N) is 1. The average Bonchev–Trinajstić information content (AvgIpc) is 2.98. The van der Waals surface area contributed by atoms with Gasteiger partial charge in [0, 0.05) is 29.3 Å². The van der Waals surface area contributed by atoms with Crippen molar-refractivity contribution in [2.75, 3.05) is 13.7 Å². The van der Waals surface area contributed by atoms with Gasteiger partial charge in [-0.15, -0.1) is 0 Å². The van der Waals surface area contributed by atoms with Crippen molar-refractivity contribution in [3.05, 3.63) is 35.5 Å². The van der Waals surface area contributed by atoms with Crippen LogP contribution >= 0.6 is 0 Å². The molecule has 5 atom stereocenters. The Bertz CT molecular complexity index is 803. The number of rotatable bonds is 5. The number of hydrogen-bond donors (Lipinski definition) is 6. The number of ether oxygens (including phenoxy) is 2. The number of aliphatic carboxylic acids is 1. The molecule has 0 bridgehead atoms. The van der Waals surface area contributed by atoms with Gasteiger partial charge in [0.15, 0.2) is 0 Å². The lowest BCUT2D eigenvalue weighted by molar-refractivity contribution is -0.365. The zero-order chi connectivity index (χ0) is 19.1. The molecule has 0 amide bonds. The van der Waals surface area contributed by atoms with Gasteiger partial charge in [-0.05, 0) is 6.07 Å². The molecule has 1 aromatic carbocycles. The van der Waals surface area contributed by atoms with E-state index in [-0.39, 0.29) is 11.3 Å². The summed E-state index contributed by atoms with van der Waals surface area (Å²) in [5.74, 6) is -3.09. The molecule has 9 heteroatoms. The second kappa shape index (κ2) is 6.95. The first-order chi connectivity index (χ1) is 12.4. The summed E-state index contributed by atoms with van der Waals surface area (Å²) in [7, 11) is 1.23. The van der Waals surface area contributed by atoms with E-state index in [1.54, 1.807) is 24.3 Å². The first-order valence-corrected chi connectivity index (χ1v) is 8.05. The molecule has 1 aliphatic heterocycles. The highest BCUT2D eigenvalue weighted by Gasteiger charge is 2.56. The van der Waals surface area contributed by atoms with E-state index in [2.05, 4.69) is 4.98 Å². The van der Waals surface area contributed by atoms with E-state index in [0.717, 1.165) is 0 Å². The predicted molar refractivity (Wildman–Crippen MR) is 88.3 cm³/mol. The molecule has 0 spiro atoms. The third-order valence-electron chi connectivity index (χ3n) is 4.71. The summed E-state index contributed by atoms with van der Waals surface area (Å²) in [4.78, 5) is 14.3. The van der Waals surface area contributed by atoms with Crippen molar-refractivity contribution < 1.29 is 39.8 Å². The monoisotopic (exact) mass is 367 g/mol. The van der Waals surface area contributed by atoms with Gasteiger partial charge in [-0.1, -0.05) is 18.2 Å². The summed E-state index contributed by atoms with van der Waals surface area (Å²) in [6.07, 6.45) is -6.58. The molecule has 1 aliphatic rings. The topological polar surface area (TPSA) is 152 Å². The molecule has 3 rings (SSSR count). The maximum Gasteiger partial charge on any atom is 0.309 e. The van der Waals surface area contributed by atoms with Gasteiger partial charge in [0.2, 0.25) is 5.79 Å². The Morgan fingerprint density at radius 3 is 2.58 bits per heavy atom. The number of fused-ring (bicyclic) bond motifs is 1. The molecule has 2 aromatic rings. The van der Waals surface area contributed by atoms with E-state index in [0.29, 0.717) is 10.9 Å². The highest BCUT2D eigenvalue weighted by Crippen LogP contribution is 2.43. The Balaban J connectivity index is 2.25. The van der Waals surface area contributed by atoms with E-state index >= 15 is 0 Å². The summed E-state index contributed by atoms with van der Waals surface area (Å²) in [5.41, 5.74) is 1.02. The molecule has 0 saturated carbocycles. The highest BCUT2D eigenvalue weighted by atomic mass is 16.7. The molecule has 1 saturated heterocycles. The normalized spacial score (nSPS) is 32.0. The van der Waals surface area contributed by atoms with Gasteiger partial charge in [-0.25, -0.2) is 0 Å². The fourth-order valence-corrected chi connectivity index (χ4v) is 3.50. The van der Waals surface area contributed by atoms with Crippen LogP contribution in [0.4, 0.5) is 0 Å². The number of aromatic amines is 1. The van der Waals surface area contributed by atoms with Crippen molar-refractivity contribution in [3.8, 4) is 0 Å². The third kappa shape index (κ3) is 2.78. The first kappa shape index (κ1) is 18.8. The van der Waals surface area contributed by atoms with Crippen LogP contribution < -0.4 is 0 Å². The SMILES string of the molecule is CO[C@]1(c2c(CC(=O)O)[nH]c3ccccc23)O[C@H](CO)[C@@H](O)[C@H](O)[C@H]1O. The van der Waals surface area contributed by atoms with Crippen LogP contribution in [-0.2, 0) is 26.5 Å². The summed E-state index contributed by atoms with van der Waals surface area (Å²) < 4.78 is 11.1. The number of carboxylic acid groups (broad SMARTS) is 1. The van der Waals surface area contributed by atoms with Crippen LogP contribution in [0.3, 0.4) is 0 Å². The van der Waals surface area contributed by atoms with Gasteiger partial charge < -0.3 is 40.0 Å². The van der Waals surface area contributed by atoms with Crippen LogP contribution in [0.25, 0.3) is 10.9 Å². The molecule has 2 heterocycles. The minimum absolute atomic E-state index is 0.204. The lowest BCUT2D eigenvalue weighted by Gasteiger charge is -2.47. The predicted octanol–water partition coefficient (Wildman–Crippen LogP) is -0.932. The number of hydrogen-bond acceptors (Lipinski definition) is 7. The van der Waals surface area contributed by atoms with Gasteiger partial charge in [-0.2, -0.15) is 0 Å². The van der Waals surface area contributed by atoms with E-state index in [1.807, 2.05) is 0 Å². The Kier molecular flexibility index (Phi) is 5.02. The fourth-order valence-electron chi connectivity index (χ4n) is 3.50. The van der Waals surface area contributed by atoms with Crippen molar-refractivity contribution in [2.24, 2.45) is 0 Å². The van der Waals surface area contributed by atoms with Crippen molar-refractivity contribution >= 4 is 16.9 Å². The zero-order valence-corrected chi connectivity index (χ0v) is 14.0. The first-order valence-electron chi connectivity index (χ1n) is 8.05. The minimum Gasteiger partial charge on any atom is -0.481 e. The molecular weight excluding hydrogens is 346 g/mol. The van der Waals surface area contributed by atoms with Gasteiger partial charge in [0.05, 0.1) is 13.0 Å². The van der Waals surface area contributed by atoms with Gasteiger partial charge >= 0.3 is 5.97 Å². The molecule has 9 nitrogen and oxygen atoms in total. The van der Waals surface area contributed by atoms with Crippen molar-refractivity contribution in [3.63, 3.8) is 0 Å². The Morgan fingerprint density at radius 1 is 1.27 bits per heavy atom. The van der Waals surface area contributed by atoms with Crippen molar-refractivity contribution in [1.82, 2.24) is 4.98 Å². The largest absolute Gasteiger partial charge is 0.481 e. The second-order valence-corrected chi connectivity index (χ2v) is 6.23. The lowest BCUT2D eigenvalue weighted by atomic mass is 9.86. The highest BCUT2D eigenvalue weighted by molar-refractivity contribution is 5.87. The zero-order valence-electron chi connectivity index (χ0n) is 14.0. The van der Waals surface area contributed by atoms with Gasteiger partial charge in [0.25, 0.3) is 0 Å². The maximum absolute atomic E-state index is 11.3. The molecule has 26 heavy (non-hydrogen) atoms. The molecule has 6 N–H and O–H groups in total. The van der Waals surface area contributed by atoms with Gasteiger partial charge in [0.1, 0.15) is 24.4 Å². The van der Waals surface area contributed by atoms with E-state index in [4.69, 9.17) is 9.47 Å². The Morgan fingerprint density at radius 2 is 1.96 bits per heavy atom. The summed E-state index contributed by atoms with van der Waals surface area (Å²) in [6, 6.07) is 6.88. The maximum atomic E-state index is 11.3. The van der Waals surface area contributed by atoms with Crippen LogP contribution in [0.2, 0.25) is 0 Å². The van der Waals surface area contributed by atoms with Crippen molar-refractivity contribution in [1.29, 1.82) is 0 Å². The number of aliphatic hydroxyl groups is 4. The van der Waals surface area contributed by atoms with Crippen LogP contribution in [0, 0.1) is 0 Å². The van der Waals surface area contributed by atoms with E-state index < -0.39 is 49.2 Å². The lowest BCUT2D eigenvalue weighted by Crippen LogP contribution is -2.64. The minimum atomic E-state index is -1.98. The van der Waals surface area contributed by atoms with Gasteiger partial charge in [-0.3, -0.25) is 4.79 Å². The number of H-pyrrole nitrogens is 1. The summed E-state index contributed by atoms with van der Waals surface area (Å²) in [5, 5.41) is 50.2. The van der Waals surface area contributed by atoms with Crippen LogP contribution in [0.15, 0.2) is 24.3 Å². The number of methoxy groups -OCH3 is 1. The quantitative estimate of drug-likeness (QED) is 0.396. The van der Waals surface area contributed by atoms with Crippen LogP contribution in [-0.4, -0.2) is 74.6 Å². The number of benzene rings is 1. The molecule has 0 unspecified atom stereocenters.